The summed E-state index contributed by atoms with van der Waals surface area (Å²) in [5.74, 6) is 4.64. The molecule has 0 aromatic rings. The Labute approximate surface area is 52.1 Å². The summed E-state index contributed by atoms with van der Waals surface area (Å²) in [5, 5.41) is 0. The van der Waals surface area contributed by atoms with Gasteiger partial charge in [-0.05, 0) is 0 Å². The monoisotopic (exact) mass is 142 g/mol. The summed E-state index contributed by atoms with van der Waals surface area (Å²) in [5.41, 5.74) is 0. The first-order chi connectivity index (χ1) is 1.91. The second kappa shape index (κ2) is 8.89. The van der Waals surface area contributed by atoms with E-state index in [4.69, 9.17) is 0 Å². The molecular formula is C4H4Zr. The minimum Gasteiger partial charge on any atom is -0.525 e. The van der Waals surface area contributed by atoms with Crippen molar-refractivity contribution in [2.45, 2.75) is 0 Å². The minimum atomic E-state index is 0. The van der Waals surface area contributed by atoms with Gasteiger partial charge in [0.25, 0.3) is 0 Å². The quantitative estimate of drug-likeness (QED) is 0.345. The Hall–Kier alpha value is 0.183. The average molecular weight is 143 g/mol. The molecule has 0 saturated carbocycles. The van der Waals surface area contributed by atoms with Crippen molar-refractivity contribution in [3.8, 4) is 11.8 Å². The van der Waals surface area contributed by atoms with Gasteiger partial charge in [-0.25, -0.2) is 0 Å². The van der Waals surface area contributed by atoms with Crippen molar-refractivity contribution in [1.29, 1.82) is 0 Å². The van der Waals surface area contributed by atoms with Crippen LogP contribution in [-0.2, 0) is 26.2 Å². The molecule has 0 aliphatic carbocycles. The number of hydrogen-bond donors (Lipinski definition) is 0. The summed E-state index contributed by atoms with van der Waals surface area (Å²) < 4.78 is 0. The van der Waals surface area contributed by atoms with Gasteiger partial charge in [0.1, 0.15) is 0 Å². The van der Waals surface area contributed by atoms with Gasteiger partial charge in [0.2, 0.25) is 0 Å². The molecule has 5 heavy (non-hydrogen) atoms. The Morgan fingerprint density at radius 1 is 1.00 bits per heavy atom. The average Bonchev–Trinajstić information content (AvgIpc) is 1.37. The standard InChI is InChI=1S/C4H4.Zr/c1-3-4-2;/h1-2H2;/q-2;+2. The van der Waals surface area contributed by atoms with Crippen LogP contribution in [0.25, 0.3) is 0 Å². The van der Waals surface area contributed by atoms with Crippen LogP contribution in [0, 0.1) is 25.7 Å². The van der Waals surface area contributed by atoms with Gasteiger partial charge in [0, 0.05) is 0 Å². The summed E-state index contributed by atoms with van der Waals surface area (Å²) in [4.78, 5) is 0. The Bertz CT molecular complexity index is 40.4. The van der Waals surface area contributed by atoms with Gasteiger partial charge in [-0.1, -0.05) is 0 Å². The normalized spacial score (nSPS) is 2.40. The van der Waals surface area contributed by atoms with Crippen molar-refractivity contribution in [1.82, 2.24) is 0 Å². The molecule has 0 unspecified atom stereocenters. The van der Waals surface area contributed by atoms with E-state index < -0.39 is 0 Å². The molecule has 0 radical (unpaired) electrons. The molecule has 0 fully saturated rings. The third-order valence-electron chi connectivity index (χ3n) is 0.125. The number of rotatable bonds is 0. The van der Waals surface area contributed by atoms with Crippen LogP contribution in [0.5, 0.6) is 0 Å². The van der Waals surface area contributed by atoms with Gasteiger partial charge in [-0.3, -0.25) is 0 Å². The van der Waals surface area contributed by atoms with Crippen molar-refractivity contribution in [2.24, 2.45) is 0 Å². The van der Waals surface area contributed by atoms with Crippen LogP contribution in [-0.4, -0.2) is 0 Å². The third-order valence-corrected chi connectivity index (χ3v) is 0.125. The van der Waals surface area contributed by atoms with E-state index >= 15 is 0 Å². The van der Waals surface area contributed by atoms with E-state index in [0.717, 1.165) is 0 Å². The first-order valence-electron chi connectivity index (χ1n) is 0.957. The van der Waals surface area contributed by atoms with E-state index in [-0.39, 0.29) is 26.2 Å². The fourth-order valence-corrected chi connectivity index (χ4v) is 0. The number of hydrogen-bond acceptors (Lipinski definition) is 0. The fraction of sp³-hybridized carbons (Fsp3) is 0. The zero-order valence-electron chi connectivity index (χ0n) is 2.91. The molecule has 0 aromatic carbocycles. The van der Waals surface area contributed by atoms with Crippen molar-refractivity contribution in [3.63, 3.8) is 0 Å². The molecule has 0 amide bonds. The van der Waals surface area contributed by atoms with Crippen LogP contribution >= 0.6 is 0 Å². The molecule has 0 nitrogen and oxygen atoms in total. The Morgan fingerprint density at radius 3 is 1.20 bits per heavy atom. The van der Waals surface area contributed by atoms with E-state index in [0.29, 0.717) is 0 Å². The van der Waals surface area contributed by atoms with Crippen LogP contribution in [0.2, 0.25) is 0 Å². The zero-order valence-corrected chi connectivity index (χ0v) is 5.37. The topological polar surface area (TPSA) is 0 Å². The van der Waals surface area contributed by atoms with Gasteiger partial charge < -0.3 is 25.7 Å². The molecule has 0 N–H and O–H groups in total. The second-order valence-corrected chi connectivity index (χ2v) is 0.354. The van der Waals surface area contributed by atoms with Crippen molar-refractivity contribution in [2.75, 3.05) is 0 Å². The minimum absolute atomic E-state index is 0. The summed E-state index contributed by atoms with van der Waals surface area (Å²) in [6.45, 7) is 6.36. The molecule has 0 aliphatic rings. The Morgan fingerprint density at radius 2 is 1.20 bits per heavy atom. The molecule has 0 bridgehead atoms. The van der Waals surface area contributed by atoms with Crippen LogP contribution in [0.1, 0.15) is 0 Å². The second-order valence-electron chi connectivity index (χ2n) is 0.354. The Kier molecular flexibility index (Phi) is 15.9. The zero-order chi connectivity index (χ0) is 3.41. The van der Waals surface area contributed by atoms with Crippen LogP contribution in [0.15, 0.2) is 0 Å². The van der Waals surface area contributed by atoms with E-state index in [1.807, 2.05) is 0 Å². The summed E-state index contributed by atoms with van der Waals surface area (Å²) >= 11 is 0. The maximum Gasteiger partial charge on any atom is 2.00 e. The molecule has 1 heteroatoms. The van der Waals surface area contributed by atoms with E-state index in [1.165, 1.54) is 0 Å². The molecule has 0 heterocycles. The molecule has 0 aliphatic heterocycles. The fourth-order valence-electron chi connectivity index (χ4n) is 0. The molecule has 0 rings (SSSR count). The molecule has 0 aromatic heterocycles. The van der Waals surface area contributed by atoms with Crippen molar-refractivity contribution >= 4 is 0 Å². The van der Waals surface area contributed by atoms with Gasteiger partial charge in [0.15, 0.2) is 0 Å². The largest absolute Gasteiger partial charge is 2.00 e. The molecule has 0 saturated heterocycles. The molecule has 24 valence electrons. The van der Waals surface area contributed by atoms with Gasteiger partial charge in [-0.2, -0.15) is 0 Å². The SMILES string of the molecule is [CH2-]C#C[CH2-].[Zr+2]. The van der Waals surface area contributed by atoms with Gasteiger partial charge in [-0.15, -0.1) is 0 Å². The van der Waals surface area contributed by atoms with Crippen LogP contribution < -0.4 is 0 Å². The van der Waals surface area contributed by atoms with Gasteiger partial charge >= 0.3 is 26.2 Å². The first-order valence-corrected chi connectivity index (χ1v) is 0.957. The summed E-state index contributed by atoms with van der Waals surface area (Å²) in [6, 6.07) is 0. The van der Waals surface area contributed by atoms with Crippen LogP contribution in [0.4, 0.5) is 0 Å². The van der Waals surface area contributed by atoms with Crippen molar-refractivity contribution in [3.05, 3.63) is 13.8 Å². The predicted molar refractivity (Wildman–Crippen MR) is 18.5 cm³/mol. The maximum absolute atomic E-state index is 3.18. The van der Waals surface area contributed by atoms with E-state index in [1.54, 1.807) is 0 Å². The summed E-state index contributed by atoms with van der Waals surface area (Å²) in [6.07, 6.45) is 0. The van der Waals surface area contributed by atoms with Gasteiger partial charge in [0.05, 0.1) is 0 Å². The molecule has 0 atom stereocenters. The van der Waals surface area contributed by atoms with Crippen molar-refractivity contribution < 1.29 is 26.2 Å². The first kappa shape index (κ1) is 8.95. The van der Waals surface area contributed by atoms with Crippen LogP contribution in [0.3, 0.4) is 0 Å². The Balaban J connectivity index is 0. The summed E-state index contributed by atoms with van der Waals surface area (Å²) in [7, 11) is 0. The van der Waals surface area contributed by atoms with E-state index in [2.05, 4.69) is 25.7 Å². The predicted octanol–water partition coefficient (Wildman–Crippen LogP) is 0.655. The van der Waals surface area contributed by atoms with E-state index in [9.17, 15) is 0 Å². The third kappa shape index (κ3) is 14.2. The smallest absolute Gasteiger partial charge is 0.525 e. The molecule has 0 spiro atoms. The molecular weight excluding hydrogens is 139 g/mol. The maximum atomic E-state index is 3.18.